The van der Waals surface area contributed by atoms with Crippen LogP contribution in [0.3, 0.4) is 0 Å². The number of thiazole rings is 1. The van der Waals surface area contributed by atoms with Crippen LogP contribution in [0.1, 0.15) is 43.7 Å². The van der Waals surface area contributed by atoms with Crippen LogP contribution in [0.25, 0.3) is 0 Å². The first-order valence-electron chi connectivity index (χ1n) is 14.2. The monoisotopic (exact) mass is 680 g/mol. The second kappa shape index (κ2) is 14.5. The average molecular weight is 681 g/mol. The van der Waals surface area contributed by atoms with E-state index in [1.807, 2.05) is 66.9 Å². The van der Waals surface area contributed by atoms with Crippen molar-refractivity contribution in [1.29, 1.82) is 0 Å². The molecule has 240 valence electrons. The Balaban J connectivity index is 1.32. The summed E-state index contributed by atoms with van der Waals surface area (Å²) in [7, 11) is 0. The normalized spacial score (nSPS) is 18.1. The highest BCUT2D eigenvalue weighted by molar-refractivity contribution is 8.05. The van der Waals surface area contributed by atoms with Gasteiger partial charge in [0.05, 0.1) is 5.51 Å². The third-order valence-electron chi connectivity index (χ3n) is 6.74. The number of β-lactam (4-membered cyclic amide) rings is 1. The quantitative estimate of drug-likeness (QED) is 0.133. The number of ether oxygens (including phenoxy) is 2. The Morgan fingerprint density at radius 2 is 1.74 bits per heavy atom. The van der Waals surface area contributed by atoms with Crippen molar-refractivity contribution in [2.75, 3.05) is 18.6 Å². The largest absolute Gasteiger partial charge is 0.457 e. The number of hydrogen-bond acceptors (Lipinski definition) is 12. The molecule has 2 aliphatic heterocycles. The van der Waals surface area contributed by atoms with Crippen molar-refractivity contribution in [2.45, 2.75) is 43.9 Å². The van der Waals surface area contributed by atoms with Gasteiger partial charge in [-0.05, 0) is 38.2 Å². The first-order valence-corrected chi connectivity index (χ1v) is 17.4. The summed E-state index contributed by atoms with van der Waals surface area (Å²) in [6.07, 6.45) is 1.15. The third-order valence-corrected chi connectivity index (χ3v) is 9.62. The number of fused-ring (bicyclic) bond motifs is 1. The second-order valence-corrected chi connectivity index (χ2v) is 13.8. The third kappa shape index (κ3) is 7.62. The lowest BCUT2D eigenvalue weighted by Crippen LogP contribution is -2.71. The average Bonchev–Trinajstić information content (AvgIpc) is 3.58. The molecule has 2 amide bonds. The molecule has 2 aromatic carbocycles. The molecule has 0 spiro atoms. The van der Waals surface area contributed by atoms with Gasteiger partial charge in [0, 0.05) is 16.0 Å². The molecule has 2 atom stereocenters. The minimum atomic E-state index is -0.947. The zero-order valence-corrected chi connectivity index (χ0v) is 27.9. The van der Waals surface area contributed by atoms with Crippen LogP contribution in [0.15, 0.2) is 87.3 Å². The van der Waals surface area contributed by atoms with Crippen LogP contribution in [-0.4, -0.2) is 75.0 Å². The van der Waals surface area contributed by atoms with E-state index in [1.165, 1.54) is 45.3 Å². The Bertz CT molecular complexity index is 1600. The summed E-state index contributed by atoms with van der Waals surface area (Å²) in [4.78, 5) is 64.3. The van der Waals surface area contributed by atoms with E-state index in [0.29, 0.717) is 10.7 Å². The van der Waals surface area contributed by atoms with Crippen molar-refractivity contribution >= 4 is 64.3 Å². The Labute approximate surface area is 278 Å². The minimum absolute atomic E-state index is 0.165. The van der Waals surface area contributed by atoms with Gasteiger partial charge in [0.2, 0.25) is 6.61 Å². The van der Waals surface area contributed by atoms with Crippen molar-refractivity contribution in [2.24, 2.45) is 5.16 Å². The summed E-state index contributed by atoms with van der Waals surface area (Å²) in [5.74, 6) is -2.03. The zero-order chi connectivity index (χ0) is 32.8. The van der Waals surface area contributed by atoms with Gasteiger partial charge >= 0.3 is 11.9 Å². The summed E-state index contributed by atoms with van der Waals surface area (Å²) in [6, 6.07) is 17.8. The molecule has 3 heterocycles. The van der Waals surface area contributed by atoms with Crippen LogP contribution in [-0.2, 0) is 33.5 Å². The standard InChI is InChI=1S/C32H32N4O7S3/c1-32(2,3)43-23(37)15-41-35-24(21-16-45-18-33-21)28(38)34-25-29(39)36-26(22(44-4)17-46-30(25)36)31(40)42-27(19-11-7-5-8-12-19)20-13-9-6-10-14-20/h5-14,16,18,25,27,30H,15,17H2,1-4H3,(H,34,38)/t25?,30-/m0/s1. The summed E-state index contributed by atoms with van der Waals surface area (Å²) in [6.45, 7) is 4.64. The van der Waals surface area contributed by atoms with E-state index in [1.54, 1.807) is 26.2 Å². The van der Waals surface area contributed by atoms with Gasteiger partial charge in [-0.3, -0.25) is 14.5 Å². The molecule has 5 rings (SSSR count). The molecular formula is C32H32N4O7S3. The number of nitrogens with zero attached hydrogens (tertiary/aromatic N) is 3. The molecule has 0 saturated carbocycles. The van der Waals surface area contributed by atoms with E-state index in [2.05, 4.69) is 15.5 Å². The van der Waals surface area contributed by atoms with Gasteiger partial charge in [-0.1, -0.05) is 65.8 Å². The Kier molecular flexibility index (Phi) is 10.5. The molecule has 3 aromatic rings. The highest BCUT2D eigenvalue weighted by Crippen LogP contribution is 2.44. The van der Waals surface area contributed by atoms with Gasteiger partial charge in [-0.15, -0.1) is 34.9 Å². The lowest BCUT2D eigenvalue weighted by Gasteiger charge is -2.49. The van der Waals surface area contributed by atoms with E-state index in [4.69, 9.17) is 14.3 Å². The fraction of sp³-hybridized carbons (Fsp3) is 0.312. The Hall–Kier alpha value is -4.14. The van der Waals surface area contributed by atoms with Crippen molar-refractivity contribution in [3.63, 3.8) is 0 Å². The number of esters is 2. The number of aromatic nitrogens is 1. The lowest BCUT2D eigenvalue weighted by atomic mass is 10.0. The molecule has 1 N–H and O–H groups in total. The van der Waals surface area contributed by atoms with Gasteiger partial charge in [0.25, 0.3) is 11.8 Å². The number of nitrogens with one attached hydrogen (secondary N) is 1. The van der Waals surface area contributed by atoms with Crippen LogP contribution in [0.4, 0.5) is 0 Å². The number of oxime groups is 1. The van der Waals surface area contributed by atoms with Crippen molar-refractivity contribution in [3.8, 4) is 0 Å². The summed E-state index contributed by atoms with van der Waals surface area (Å²) < 4.78 is 11.3. The molecule has 11 nitrogen and oxygen atoms in total. The number of hydrogen-bond donors (Lipinski definition) is 1. The van der Waals surface area contributed by atoms with Crippen LogP contribution in [0, 0.1) is 0 Å². The maximum atomic E-state index is 13.8. The molecule has 1 saturated heterocycles. The van der Waals surface area contributed by atoms with E-state index < -0.39 is 53.5 Å². The molecule has 1 fully saturated rings. The van der Waals surface area contributed by atoms with Gasteiger partial charge in [0.1, 0.15) is 28.4 Å². The topological polar surface area (TPSA) is 136 Å². The van der Waals surface area contributed by atoms with Crippen LogP contribution in [0.2, 0.25) is 0 Å². The first-order chi connectivity index (χ1) is 22.1. The molecular weight excluding hydrogens is 649 g/mol. The van der Waals surface area contributed by atoms with Gasteiger partial charge in [0.15, 0.2) is 11.8 Å². The lowest BCUT2D eigenvalue weighted by molar-refractivity contribution is -0.160. The maximum absolute atomic E-state index is 13.8. The van der Waals surface area contributed by atoms with E-state index in [0.717, 1.165) is 11.1 Å². The number of amides is 2. The SMILES string of the molecule is CSC1=C(C(=O)OC(c2ccccc2)c2ccccc2)N2C(=O)C(NC(=O)C(=NOCC(=O)OC(C)(C)C)c3cscn3)[C@@H]2SC1. The van der Waals surface area contributed by atoms with Gasteiger partial charge in [-0.2, -0.15) is 0 Å². The molecule has 0 aliphatic carbocycles. The molecule has 1 unspecified atom stereocenters. The van der Waals surface area contributed by atoms with Crippen molar-refractivity contribution in [1.82, 2.24) is 15.2 Å². The predicted molar refractivity (Wildman–Crippen MR) is 177 cm³/mol. The zero-order valence-electron chi connectivity index (χ0n) is 25.5. The van der Waals surface area contributed by atoms with E-state index >= 15 is 0 Å². The summed E-state index contributed by atoms with van der Waals surface area (Å²) in [5, 5.41) is 7.62. The van der Waals surface area contributed by atoms with Crippen LogP contribution < -0.4 is 5.32 Å². The van der Waals surface area contributed by atoms with E-state index in [-0.39, 0.29) is 17.1 Å². The Morgan fingerprint density at radius 1 is 1.09 bits per heavy atom. The number of thioether (sulfide) groups is 2. The van der Waals surface area contributed by atoms with E-state index in [9.17, 15) is 19.2 Å². The van der Waals surface area contributed by atoms with Crippen molar-refractivity contribution in [3.05, 3.63) is 99.0 Å². The minimum Gasteiger partial charge on any atom is -0.457 e. The molecule has 1 aromatic heterocycles. The maximum Gasteiger partial charge on any atom is 0.356 e. The second-order valence-electron chi connectivity index (χ2n) is 11.1. The highest BCUT2D eigenvalue weighted by Gasteiger charge is 2.55. The van der Waals surface area contributed by atoms with Gasteiger partial charge in [-0.25, -0.2) is 14.6 Å². The highest BCUT2D eigenvalue weighted by atomic mass is 32.2. The van der Waals surface area contributed by atoms with Crippen molar-refractivity contribution < 1.29 is 33.5 Å². The van der Waals surface area contributed by atoms with Crippen LogP contribution in [0.5, 0.6) is 0 Å². The number of benzene rings is 2. The number of carbonyl (C=O) groups excluding carboxylic acids is 4. The molecule has 0 bridgehead atoms. The smallest absolute Gasteiger partial charge is 0.356 e. The fourth-order valence-electron chi connectivity index (χ4n) is 4.75. The first kappa shape index (κ1) is 33.2. The summed E-state index contributed by atoms with van der Waals surface area (Å²) in [5.41, 5.74) is 2.56. The van der Waals surface area contributed by atoms with Crippen LogP contribution >= 0.6 is 34.9 Å². The molecule has 14 heteroatoms. The summed E-state index contributed by atoms with van der Waals surface area (Å²) >= 11 is 4.04. The Morgan fingerprint density at radius 3 is 2.30 bits per heavy atom. The predicted octanol–water partition coefficient (Wildman–Crippen LogP) is 4.51. The molecule has 2 aliphatic rings. The number of carbonyl (C=O) groups is 4. The fourth-order valence-corrected chi connectivity index (χ4v) is 7.53. The molecule has 0 radical (unpaired) electrons. The number of rotatable bonds is 11. The molecule has 46 heavy (non-hydrogen) atoms. The van der Waals surface area contributed by atoms with Gasteiger partial charge < -0.3 is 19.6 Å².